The predicted molar refractivity (Wildman–Crippen MR) is 95.6 cm³/mol. The van der Waals surface area contributed by atoms with Crippen LogP contribution in [0.1, 0.15) is 77.6 Å². The molecule has 0 aliphatic heterocycles. The molecule has 0 aromatic heterocycles. The Kier molecular flexibility index (Phi) is 17.7. The van der Waals surface area contributed by atoms with E-state index < -0.39 is 0 Å². The van der Waals surface area contributed by atoms with E-state index in [2.05, 4.69) is 19.1 Å². The van der Waals surface area contributed by atoms with Crippen LogP contribution in [-0.2, 0) is 0 Å². The van der Waals surface area contributed by atoms with Gasteiger partial charge in [0.1, 0.15) is 0 Å². The molecule has 1 heteroatoms. The van der Waals surface area contributed by atoms with Crippen molar-refractivity contribution in [2.24, 2.45) is 0 Å². The SMILES string of the molecule is CCCCCCCCCCCC\C=C/C=C\C=C\C=C\O. The van der Waals surface area contributed by atoms with Crippen LogP contribution in [0.5, 0.6) is 0 Å². The molecule has 0 fully saturated rings. The van der Waals surface area contributed by atoms with Crippen LogP contribution in [0.15, 0.2) is 48.8 Å². The molecule has 0 rings (SSSR count). The van der Waals surface area contributed by atoms with Crippen molar-refractivity contribution < 1.29 is 5.11 Å². The minimum Gasteiger partial charge on any atom is -0.516 e. The maximum absolute atomic E-state index is 8.42. The van der Waals surface area contributed by atoms with Crippen molar-refractivity contribution in [3.05, 3.63) is 48.8 Å². The van der Waals surface area contributed by atoms with Crippen LogP contribution in [0.2, 0.25) is 0 Å². The fourth-order valence-electron chi connectivity index (χ4n) is 2.23. The summed E-state index contributed by atoms with van der Waals surface area (Å²) in [6.07, 6.45) is 29.8. The number of hydrogen-bond acceptors (Lipinski definition) is 1. The molecule has 0 saturated heterocycles. The van der Waals surface area contributed by atoms with Crippen LogP contribution in [-0.4, -0.2) is 5.11 Å². The zero-order valence-corrected chi connectivity index (χ0v) is 13.8. The number of allylic oxidation sites excluding steroid dienone is 7. The van der Waals surface area contributed by atoms with Gasteiger partial charge in [0.05, 0.1) is 6.26 Å². The van der Waals surface area contributed by atoms with Crippen molar-refractivity contribution in [2.45, 2.75) is 77.6 Å². The molecule has 0 amide bonds. The van der Waals surface area contributed by atoms with E-state index in [0.717, 1.165) is 6.26 Å². The standard InChI is InChI=1S/C20H34O/c1-2-3-4-5-6-7-8-9-10-11-12-13-14-15-16-17-18-19-20-21/h13-21H,2-12H2,1H3/b14-13-,16-15-,18-17+,20-19+. The molecular weight excluding hydrogens is 256 g/mol. The molecule has 21 heavy (non-hydrogen) atoms. The van der Waals surface area contributed by atoms with E-state index in [0.29, 0.717) is 0 Å². The van der Waals surface area contributed by atoms with E-state index in [-0.39, 0.29) is 0 Å². The number of aliphatic hydroxyl groups excluding tert-OH is 1. The Morgan fingerprint density at radius 1 is 0.571 bits per heavy atom. The van der Waals surface area contributed by atoms with Gasteiger partial charge in [0, 0.05) is 0 Å². The quantitative estimate of drug-likeness (QED) is 0.207. The summed E-state index contributed by atoms with van der Waals surface area (Å²) >= 11 is 0. The van der Waals surface area contributed by atoms with Crippen LogP contribution in [0, 0.1) is 0 Å². The van der Waals surface area contributed by atoms with Gasteiger partial charge >= 0.3 is 0 Å². The highest BCUT2D eigenvalue weighted by atomic mass is 16.2. The lowest BCUT2D eigenvalue weighted by Crippen LogP contribution is -1.81. The molecule has 0 radical (unpaired) electrons. The van der Waals surface area contributed by atoms with Crippen LogP contribution in [0.4, 0.5) is 0 Å². The van der Waals surface area contributed by atoms with Crippen molar-refractivity contribution in [1.82, 2.24) is 0 Å². The predicted octanol–water partition coefficient (Wildman–Crippen LogP) is 7.04. The van der Waals surface area contributed by atoms with E-state index in [1.165, 1.54) is 70.6 Å². The summed E-state index contributed by atoms with van der Waals surface area (Å²) in [5.41, 5.74) is 0. The van der Waals surface area contributed by atoms with Gasteiger partial charge < -0.3 is 5.11 Å². The molecule has 0 saturated carbocycles. The molecule has 0 atom stereocenters. The molecule has 0 aliphatic rings. The summed E-state index contributed by atoms with van der Waals surface area (Å²) in [4.78, 5) is 0. The second-order valence-corrected chi connectivity index (χ2v) is 5.51. The van der Waals surface area contributed by atoms with Crippen molar-refractivity contribution in [2.75, 3.05) is 0 Å². The minimum atomic E-state index is 1.03. The van der Waals surface area contributed by atoms with E-state index in [1.807, 2.05) is 18.2 Å². The van der Waals surface area contributed by atoms with E-state index in [1.54, 1.807) is 12.2 Å². The number of hydrogen-bond donors (Lipinski definition) is 1. The average Bonchev–Trinajstić information content (AvgIpc) is 2.50. The number of aliphatic hydroxyl groups is 1. The first-order valence-corrected chi connectivity index (χ1v) is 8.71. The largest absolute Gasteiger partial charge is 0.516 e. The maximum Gasteiger partial charge on any atom is 0.0791 e. The molecule has 0 spiro atoms. The second-order valence-electron chi connectivity index (χ2n) is 5.51. The summed E-state index contributed by atoms with van der Waals surface area (Å²) < 4.78 is 0. The van der Waals surface area contributed by atoms with Gasteiger partial charge in [0.2, 0.25) is 0 Å². The highest BCUT2D eigenvalue weighted by Gasteiger charge is 1.91. The monoisotopic (exact) mass is 290 g/mol. The molecule has 1 N–H and O–H groups in total. The first-order valence-electron chi connectivity index (χ1n) is 8.71. The van der Waals surface area contributed by atoms with Crippen molar-refractivity contribution in [1.29, 1.82) is 0 Å². The average molecular weight is 290 g/mol. The molecule has 0 aliphatic carbocycles. The molecular formula is C20H34O. The van der Waals surface area contributed by atoms with E-state index in [9.17, 15) is 0 Å². The summed E-state index contributed by atoms with van der Waals surface area (Å²) in [6, 6.07) is 0. The van der Waals surface area contributed by atoms with Crippen LogP contribution in [0.25, 0.3) is 0 Å². The van der Waals surface area contributed by atoms with Gasteiger partial charge in [-0.05, 0) is 18.9 Å². The smallest absolute Gasteiger partial charge is 0.0791 e. The minimum absolute atomic E-state index is 1.03. The summed E-state index contributed by atoms with van der Waals surface area (Å²) in [6.45, 7) is 2.27. The first-order chi connectivity index (χ1) is 10.4. The van der Waals surface area contributed by atoms with E-state index in [4.69, 9.17) is 5.11 Å². The zero-order valence-electron chi connectivity index (χ0n) is 13.8. The lowest BCUT2D eigenvalue weighted by Gasteiger charge is -2.01. The third kappa shape index (κ3) is 18.8. The lowest BCUT2D eigenvalue weighted by molar-refractivity contribution is 0.474. The second kappa shape index (κ2) is 18.8. The summed E-state index contributed by atoms with van der Waals surface area (Å²) in [5, 5.41) is 8.42. The third-order valence-corrected chi connectivity index (χ3v) is 3.50. The maximum atomic E-state index is 8.42. The first kappa shape index (κ1) is 19.8. The molecule has 120 valence electrons. The molecule has 0 bridgehead atoms. The number of unbranched alkanes of at least 4 members (excludes halogenated alkanes) is 10. The summed E-state index contributed by atoms with van der Waals surface area (Å²) in [5.74, 6) is 0. The molecule has 1 nitrogen and oxygen atoms in total. The fourth-order valence-corrected chi connectivity index (χ4v) is 2.23. The zero-order chi connectivity index (χ0) is 15.4. The third-order valence-electron chi connectivity index (χ3n) is 3.50. The summed E-state index contributed by atoms with van der Waals surface area (Å²) in [7, 11) is 0. The van der Waals surface area contributed by atoms with Gasteiger partial charge in [0.25, 0.3) is 0 Å². The highest BCUT2D eigenvalue weighted by Crippen LogP contribution is 2.11. The number of rotatable bonds is 14. The Bertz CT molecular complexity index is 297. The Balaban J connectivity index is 3.21. The molecule has 0 aromatic carbocycles. The van der Waals surface area contributed by atoms with E-state index >= 15 is 0 Å². The Morgan fingerprint density at radius 3 is 1.62 bits per heavy atom. The van der Waals surface area contributed by atoms with Gasteiger partial charge in [-0.2, -0.15) is 0 Å². The van der Waals surface area contributed by atoms with Gasteiger partial charge in [-0.1, -0.05) is 101 Å². The fraction of sp³-hybridized carbons (Fsp3) is 0.600. The Hall–Kier alpha value is -1.24. The Morgan fingerprint density at radius 2 is 1.05 bits per heavy atom. The van der Waals surface area contributed by atoms with Gasteiger partial charge in [-0.15, -0.1) is 0 Å². The normalized spacial score (nSPS) is 12.6. The molecule has 0 heterocycles. The lowest BCUT2D eigenvalue weighted by atomic mass is 10.1. The van der Waals surface area contributed by atoms with Crippen LogP contribution >= 0.6 is 0 Å². The van der Waals surface area contributed by atoms with Gasteiger partial charge in [-0.3, -0.25) is 0 Å². The Labute approximate surface area is 132 Å². The van der Waals surface area contributed by atoms with Crippen LogP contribution in [0.3, 0.4) is 0 Å². The van der Waals surface area contributed by atoms with Gasteiger partial charge in [0.15, 0.2) is 0 Å². The topological polar surface area (TPSA) is 20.2 Å². The molecule has 0 aromatic rings. The molecule has 0 unspecified atom stereocenters. The van der Waals surface area contributed by atoms with Crippen molar-refractivity contribution in [3.8, 4) is 0 Å². The van der Waals surface area contributed by atoms with Gasteiger partial charge in [-0.25, -0.2) is 0 Å². The highest BCUT2D eigenvalue weighted by molar-refractivity contribution is 5.14. The van der Waals surface area contributed by atoms with Crippen LogP contribution < -0.4 is 0 Å². The van der Waals surface area contributed by atoms with Crippen molar-refractivity contribution >= 4 is 0 Å². The van der Waals surface area contributed by atoms with Crippen molar-refractivity contribution in [3.63, 3.8) is 0 Å².